The number of likely N-dealkylation sites (N-methyl/N-ethyl adjacent to an activating group) is 1. The monoisotopic (exact) mass is 300 g/mol. The number of hydrogen-bond acceptors (Lipinski definition) is 3. The van der Waals surface area contributed by atoms with Crippen LogP contribution >= 0.6 is 0 Å². The number of amides is 2. The summed E-state index contributed by atoms with van der Waals surface area (Å²) >= 11 is 0. The Bertz CT molecular complexity index is 695. The van der Waals surface area contributed by atoms with Crippen LogP contribution in [-0.4, -0.2) is 37.4 Å². The van der Waals surface area contributed by atoms with E-state index >= 15 is 0 Å². The van der Waals surface area contributed by atoms with Gasteiger partial charge in [0.2, 0.25) is 5.91 Å². The Morgan fingerprint density at radius 1 is 1.09 bits per heavy atom. The van der Waals surface area contributed by atoms with Crippen LogP contribution in [0.4, 0.5) is 0 Å². The van der Waals surface area contributed by atoms with E-state index in [1.807, 2.05) is 36.4 Å². The molecule has 0 aliphatic rings. The van der Waals surface area contributed by atoms with E-state index in [0.29, 0.717) is 12.3 Å². The molecule has 2 amide bonds. The van der Waals surface area contributed by atoms with Crippen LogP contribution < -0.4 is 10.1 Å². The Balaban J connectivity index is 2.09. The number of carbonyl (C=O) groups is 2. The molecule has 22 heavy (non-hydrogen) atoms. The third kappa shape index (κ3) is 4.22. The largest absolute Gasteiger partial charge is 0.484 e. The normalized spacial score (nSPS) is 10.3. The summed E-state index contributed by atoms with van der Waals surface area (Å²) in [6, 6.07) is 11.7. The van der Waals surface area contributed by atoms with Crippen molar-refractivity contribution in [3.63, 3.8) is 0 Å². The summed E-state index contributed by atoms with van der Waals surface area (Å²) in [4.78, 5) is 24.0. The number of rotatable bonds is 5. The minimum atomic E-state index is -0.0780. The van der Waals surface area contributed by atoms with Crippen LogP contribution in [0.3, 0.4) is 0 Å². The first kappa shape index (κ1) is 15.8. The number of ether oxygens (including phenoxy) is 1. The molecule has 2 aromatic rings. The molecule has 0 spiro atoms. The van der Waals surface area contributed by atoms with Gasteiger partial charge in [-0.25, -0.2) is 0 Å². The Hall–Kier alpha value is -2.56. The standard InChI is InChI=1S/C17H20N2O3/c1-12(20)18-10-13-4-5-15-9-16(7-6-14(15)8-13)22-11-17(21)19(2)3/h4-9H,10-11H2,1-3H3,(H,18,20). The van der Waals surface area contributed by atoms with E-state index in [2.05, 4.69) is 5.32 Å². The van der Waals surface area contributed by atoms with Crippen molar-refractivity contribution in [3.8, 4) is 5.75 Å². The molecule has 0 bridgehead atoms. The van der Waals surface area contributed by atoms with E-state index < -0.39 is 0 Å². The summed E-state index contributed by atoms with van der Waals surface area (Å²) in [7, 11) is 3.39. The number of carbonyl (C=O) groups excluding carboxylic acids is 2. The highest BCUT2D eigenvalue weighted by molar-refractivity contribution is 5.85. The smallest absolute Gasteiger partial charge is 0.259 e. The third-order valence-electron chi connectivity index (χ3n) is 3.28. The molecule has 0 aromatic heterocycles. The van der Waals surface area contributed by atoms with Crippen molar-refractivity contribution in [1.29, 1.82) is 0 Å². The highest BCUT2D eigenvalue weighted by Gasteiger charge is 2.05. The van der Waals surface area contributed by atoms with Crippen LogP contribution in [0, 0.1) is 0 Å². The predicted molar refractivity (Wildman–Crippen MR) is 85.7 cm³/mol. The number of nitrogens with one attached hydrogen (secondary N) is 1. The van der Waals surface area contributed by atoms with E-state index in [4.69, 9.17) is 4.74 Å². The first-order valence-electron chi connectivity index (χ1n) is 7.06. The molecule has 116 valence electrons. The van der Waals surface area contributed by atoms with E-state index in [1.165, 1.54) is 11.8 Å². The third-order valence-corrected chi connectivity index (χ3v) is 3.28. The van der Waals surface area contributed by atoms with Gasteiger partial charge in [0.25, 0.3) is 5.91 Å². The van der Waals surface area contributed by atoms with Gasteiger partial charge in [0.15, 0.2) is 6.61 Å². The predicted octanol–water partition coefficient (Wildman–Crippen LogP) is 1.94. The molecule has 5 nitrogen and oxygen atoms in total. The van der Waals surface area contributed by atoms with Gasteiger partial charge in [-0.2, -0.15) is 0 Å². The minimum Gasteiger partial charge on any atom is -0.484 e. The molecule has 0 atom stereocenters. The molecule has 0 heterocycles. The fourth-order valence-electron chi connectivity index (χ4n) is 1.97. The zero-order valence-corrected chi connectivity index (χ0v) is 13.1. The molecule has 2 rings (SSSR count). The summed E-state index contributed by atoms with van der Waals surface area (Å²) in [5.74, 6) is 0.539. The molecule has 0 saturated heterocycles. The van der Waals surface area contributed by atoms with Gasteiger partial charge in [0.1, 0.15) is 5.75 Å². The van der Waals surface area contributed by atoms with Crippen molar-refractivity contribution in [3.05, 3.63) is 42.0 Å². The van der Waals surface area contributed by atoms with Crippen LogP contribution in [-0.2, 0) is 16.1 Å². The molecule has 0 fully saturated rings. The highest BCUT2D eigenvalue weighted by atomic mass is 16.5. The number of benzene rings is 2. The van der Waals surface area contributed by atoms with Crippen LogP contribution in [0.1, 0.15) is 12.5 Å². The minimum absolute atomic E-state index is 0.0269. The molecule has 0 aliphatic heterocycles. The molecule has 0 saturated carbocycles. The SMILES string of the molecule is CC(=O)NCc1ccc2cc(OCC(=O)N(C)C)ccc2c1. The lowest BCUT2D eigenvalue weighted by atomic mass is 10.1. The van der Waals surface area contributed by atoms with Crippen LogP contribution in [0.15, 0.2) is 36.4 Å². The Morgan fingerprint density at radius 2 is 1.77 bits per heavy atom. The number of fused-ring (bicyclic) bond motifs is 1. The van der Waals surface area contributed by atoms with Crippen molar-refractivity contribution in [1.82, 2.24) is 10.2 Å². The average Bonchev–Trinajstić information content (AvgIpc) is 2.50. The Kier molecular flexibility index (Phi) is 4.99. The van der Waals surface area contributed by atoms with E-state index in [1.54, 1.807) is 14.1 Å². The topological polar surface area (TPSA) is 58.6 Å². The second kappa shape index (κ2) is 6.93. The molecule has 0 aliphatic carbocycles. The highest BCUT2D eigenvalue weighted by Crippen LogP contribution is 2.22. The molecule has 0 radical (unpaired) electrons. The van der Waals surface area contributed by atoms with Crippen molar-refractivity contribution >= 4 is 22.6 Å². The summed E-state index contributed by atoms with van der Waals surface area (Å²) in [6.07, 6.45) is 0. The van der Waals surface area contributed by atoms with Gasteiger partial charge in [0, 0.05) is 27.6 Å². The van der Waals surface area contributed by atoms with Crippen molar-refractivity contribution in [2.24, 2.45) is 0 Å². The Morgan fingerprint density at radius 3 is 2.45 bits per heavy atom. The zero-order valence-electron chi connectivity index (χ0n) is 13.1. The second-order valence-electron chi connectivity index (χ2n) is 5.33. The quantitative estimate of drug-likeness (QED) is 0.918. The lowest BCUT2D eigenvalue weighted by Crippen LogP contribution is -2.27. The van der Waals surface area contributed by atoms with Gasteiger partial charge in [-0.05, 0) is 34.5 Å². The summed E-state index contributed by atoms with van der Waals surface area (Å²) < 4.78 is 5.50. The number of nitrogens with zero attached hydrogens (tertiary/aromatic N) is 1. The van der Waals surface area contributed by atoms with Crippen LogP contribution in [0.2, 0.25) is 0 Å². The molecule has 0 unspecified atom stereocenters. The Labute approximate surface area is 129 Å². The van der Waals surface area contributed by atoms with Gasteiger partial charge in [0.05, 0.1) is 0 Å². The maximum Gasteiger partial charge on any atom is 0.259 e. The zero-order chi connectivity index (χ0) is 16.1. The average molecular weight is 300 g/mol. The van der Waals surface area contributed by atoms with E-state index in [9.17, 15) is 9.59 Å². The maximum atomic E-state index is 11.5. The van der Waals surface area contributed by atoms with Gasteiger partial charge < -0.3 is 15.0 Å². The number of hydrogen-bond donors (Lipinski definition) is 1. The van der Waals surface area contributed by atoms with Crippen molar-refractivity contribution in [2.75, 3.05) is 20.7 Å². The molecular formula is C17H20N2O3. The van der Waals surface area contributed by atoms with Crippen LogP contribution in [0.25, 0.3) is 10.8 Å². The van der Waals surface area contributed by atoms with Crippen molar-refractivity contribution < 1.29 is 14.3 Å². The van der Waals surface area contributed by atoms with Crippen LogP contribution in [0.5, 0.6) is 5.75 Å². The van der Waals surface area contributed by atoms with Gasteiger partial charge in [-0.3, -0.25) is 9.59 Å². The van der Waals surface area contributed by atoms with Crippen molar-refractivity contribution in [2.45, 2.75) is 13.5 Å². The van der Waals surface area contributed by atoms with Gasteiger partial charge in [-0.1, -0.05) is 18.2 Å². The molecular weight excluding hydrogens is 280 g/mol. The first-order valence-corrected chi connectivity index (χ1v) is 7.06. The van der Waals surface area contributed by atoms with Gasteiger partial charge in [-0.15, -0.1) is 0 Å². The molecule has 2 aromatic carbocycles. The molecule has 5 heteroatoms. The van der Waals surface area contributed by atoms with Gasteiger partial charge >= 0.3 is 0 Å². The summed E-state index contributed by atoms with van der Waals surface area (Å²) in [6.45, 7) is 2.04. The fourth-order valence-corrected chi connectivity index (χ4v) is 1.97. The summed E-state index contributed by atoms with van der Waals surface area (Å²) in [5, 5.41) is 4.87. The first-order chi connectivity index (χ1) is 10.5. The maximum absolute atomic E-state index is 11.5. The summed E-state index contributed by atoms with van der Waals surface area (Å²) in [5.41, 5.74) is 1.04. The second-order valence-corrected chi connectivity index (χ2v) is 5.33. The molecule has 1 N–H and O–H groups in total. The lowest BCUT2D eigenvalue weighted by Gasteiger charge is -2.12. The van der Waals surface area contributed by atoms with E-state index in [0.717, 1.165) is 16.3 Å². The fraction of sp³-hybridized carbons (Fsp3) is 0.294. The van der Waals surface area contributed by atoms with E-state index in [-0.39, 0.29) is 18.4 Å². The lowest BCUT2D eigenvalue weighted by molar-refractivity contribution is -0.130.